The topological polar surface area (TPSA) is 62.7 Å². The average molecular weight is 270 g/mol. The molecule has 5 nitrogen and oxygen atoms in total. The SMILES string of the molecule is CCNc1nc(Cl)nc(NCC2CCCC2C)n1. The predicted molar refractivity (Wildman–Crippen MR) is 74.0 cm³/mol. The lowest BCUT2D eigenvalue weighted by Crippen LogP contribution is -2.18. The van der Waals surface area contributed by atoms with Crippen LogP contribution in [0.5, 0.6) is 0 Å². The van der Waals surface area contributed by atoms with Crippen LogP contribution in [0, 0.1) is 11.8 Å². The molecular weight excluding hydrogens is 250 g/mol. The fraction of sp³-hybridized carbons (Fsp3) is 0.750. The van der Waals surface area contributed by atoms with Gasteiger partial charge in [0.15, 0.2) is 0 Å². The van der Waals surface area contributed by atoms with E-state index in [0.29, 0.717) is 17.8 Å². The van der Waals surface area contributed by atoms with Gasteiger partial charge in [0, 0.05) is 13.1 Å². The molecule has 0 bridgehead atoms. The molecule has 1 heterocycles. The Labute approximate surface area is 113 Å². The Bertz CT molecular complexity index is 398. The maximum Gasteiger partial charge on any atom is 0.228 e. The van der Waals surface area contributed by atoms with Gasteiger partial charge >= 0.3 is 0 Å². The van der Waals surface area contributed by atoms with E-state index in [2.05, 4.69) is 32.5 Å². The molecular formula is C12H20ClN5. The summed E-state index contributed by atoms with van der Waals surface area (Å²) in [6.45, 7) is 5.97. The summed E-state index contributed by atoms with van der Waals surface area (Å²) in [5, 5.41) is 6.53. The summed E-state index contributed by atoms with van der Waals surface area (Å²) in [7, 11) is 0. The summed E-state index contributed by atoms with van der Waals surface area (Å²) >= 11 is 5.87. The zero-order chi connectivity index (χ0) is 13.0. The van der Waals surface area contributed by atoms with Gasteiger partial charge in [0.1, 0.15) is 0 Å². The van der Waals surface area contributed by atoms with E-state index in [9.17, 15) is 0 Å². The molecule has 2 rings (SSSR count). The van der Waals surface area contributed by atoms with Crippen LogP contribution in [0.1, 0.15) is 33.1 Å². The molecule has 1 fully saturated rings. The largest absolute Gasteiger partial charge is 0.354 e. The molecule has 2 N–H and O–H groups in total. The van der Waals surface area contributed by atoms with Crippen molar-refractivity contribution in [1.82, 2.24) is 15.0 Å². The first-order valence-corrected chi connectivity index (χ1v) is 6.96. The lowest BCUT2D eigenvalue weighted by atomic mass is 9.98. The third kappa shape index (κ3) is 3.45. The first-order chi connectivity index (χ1) is 8.69. The van der Waals surface area contributed by atoms with Crippen LogP contribution in [0.15, 0.2) is 0 Å². The smallest absolute Gasteiger partial charge is 0.228 e. The van der Waals surface area contributed by atoms with Crippen LogP contribution in [-0.2, 0) is 0 Å². The van der Waals surface area contributed by atoms with E-state index in [4.69, 9.17) is 11.6 Å². The summed E-state index contributed by atoms with van der Waals surface area (Å²) < 4.78 is 0. The minimum absolute atomic E-state index is 0.225. The molecule has 0 spiro atoms. The average Bonchev–Trinajstić information content (AvgIpc) is 2.72. The number of rotatable bonds is 5. The molecule has 1 aromatic heterocycles. The lowest BCUT2D eigenvalue weighted by Gasteiger charge is -2.16. The Morgan fingerprint density at radius 2 is 1.89 bits per heavy atom. The first kappa shape index (κ1) is 13.3. The molecule has 1 aliphatic carbocycles. The Kier molecular flexibility index (Phi) is 4.58. The van der Waals surface area contributed by atoms with E-state index in [1.807, 2.05) is 6.92 Å². The molecule has 1 aliphatic rings. The van der Waals surface area contributed by atoms with Crippen molar-refractivity contribution in [1.29, 1.82) is 0 Å². The highest BCUT2D eigenvalue weighted by Crippen LogP contribution is 2.31. The van der Waals surface area contributed by atoms with Crippen LogP contribution in [0.2, 0.25) is 5.28 Å². The van der Waals surface area contributed by atoms with Crippen LogP contribution < -0.4 is 10.6 Å². The number of aromatic nitrogens is 3. The Morgan fingerprint density at radius 3 is 2.50 bits per heavy atom. The van der Waals surface area contributed by atoms with Crippen molar-refractivity contribution >= 4 is 23.5 Å². The van der Waals surface area contributed by atoms with Crippen LogP contribution in [0.3, 0.4) is 0 Å². The van der Waals surface area contributed by atoms with Gasteiger partial charge in [-0.05, 0) is 36.8 Å². The minimum atomic E-state index is 0.225. The zero-order valence-electron chi connectivity index (χ0n) is 10.9. The van der Waals surface area contributed by atoms with Gasteiger partial charge in [0.05, 0.1) is 0 Å². The van der Waals surface area contributed by atoms with Crippen molar-refractivity contribution in [3.05, 3.63) is 5.28 Å². The van der Waals surface area contributed by atoms with Crippen molar-refractivity contribution in [3.8, 4) is 0 Å². The summed E-state index contributed by atoms with van der Waals surface area (Å²) in [6, 6.07) is 0. The van der Waals surface area contributed by atoms with Gasteiger partial charge in [-0.2, -0.15) is 15.0 Å². The molecule has 100 valence electrons. The van der Waals surface area contributed by atoms with Gasteiger partial charge in [-0.25, -0.2) is 0 Å². The van der Waals surface area contributed by atoms with E-state index >= 15 is 0 Å². The van der Waals surface area contributed by atoms with Crippen molar-refractivity contribution in [2.75, 3.05) is 23.7 Å². The fourth-order valence-corrected chi connectivity index (χ4v) is 2.57. The van der Waals surface area contributed by atoms with E-state index in [0.717, 1.165) is 19.0 Å². The van der Waals surface area contributed by atoms with E-state index < -0.39 is 0 Å². The van der Waals surface area contributed by atoms with Gasteiger partial charge in [-0.15, -0.1) is 0 Å². The zero-order valence-corrected chi connectivity index (χ0v) is 11.7. The van der Waals surface area contributed by atoms with Gasteiger partial charge < -0.3 is 10.6 Å². The summed E-state index contributed by atoms with van der Waals surface area (Å²) in [4.78, 5) is 12.4. The molecule has 6 heteroatoms. The van der Waals surface area contributed by atoms with Crippen molar-refractivity contribution in [3.63, 3.8) is 0 Å². The highest BCUT2D eigenvalue weighted by atomic mass is 35.5. The second-order valence-electron chi connectivity index (χ2n) is 4.83. The molecule has 0 saturated heterocycles. The number of nitrogens with zero attached hydrogens (tertiary/aromatic N) is 3. The first-order valence-electron chi connectivity index (χ1n) is 6.58. The van der Waals surface area contributed by atoms with Gasteiger partial charge in [0.2, 0.25) is 17.2 Å². The highest BCUT2D eigenvalue weighted by Gasteiger charge is 2.23. The van der Waals surface area contributed by atoms with Gasteiger partial charge in [-0.1, -0.05) is 19.8 Å². The van der Waals surface area contributed by atoms with E-state index in [1.54, 1.807) is 0 Å². The van der Waals surface area contributed by atoms with Crippen molar-refractivity contribution in [2.24, 2.45) is 11.8 Å². The lowest BCUT2D eigenvalue weighted by molar-refractivity contribution is 0.439. The second-order valence-corrected chi connectivity index (χ2v) is 5.17. The van der Waals surface area contributed by atoms with Gasteiger partial charge in [0.25, 0.3) is 0 Å². The Balaban J connectivity index is 1.95. The molecule has 18 heavy (non-hydrogen) atoms. The molecule has 1 saturated carbocycles. The van der Waals surface area contributed by atoms with Gasteiger partial charge in [-0.3, -0.25) is 0 Å². The second kappa shape index (κ2) is 6.18. The number of anilines is 2. The normalized spacial score (nSPS) is 23.1. The third-order valence-corrected chi connectivity index (χ3v) is 3.67. The monoisotopic (exact) mass is 269 g/mol. The number of halogens is 1. The predicted octanol–water partition coefficient (Wildman–Crippen LogP) is 2.80. The van der Waals surface area contributed by atoms with Crippen LogP contribution >= 0.6 is 11.6 Å². The molecule has 2 unspecified atom stereocenters. The summed E-state index contributed by atoms with van der Waals surface area (Å²) in [5.74, 6) is 2.58. The standard InChI is InChI=1S/C12H20ClN5/c1-3-14-11-16-10(13)17-12(18-11)15-7-9-6-4-5-8(9)2/h8-9H,3-7H2,1-2H3,(H2,14,15,16,17,18). The third-order valence-electron chi connectivity index (χ3n) is 3.50. The molecule has 2 atom stereocenters. The van der Waals surface area contributed by atoms with E-state index in [1.165, 1.54) is 19.3 Å². The van der Waals surface area contributed by atoms with Crippen molar-refractivity contribution in [2.45, 2.75) is 33.1 Å². The van der Waals surface area contributed by atoms with Crippen LogP contribution in [0.4, 0.5) is 11.9 Å². The maximum atomic E-state index is 5.87. The minimum Gasteiger partial charge on any atom is -0.354 e. The summed E-state index contributed by atoms with van der Waals surface area (Å²) in [6.07, 6.45) is 3.94. The molecule has 1 aromatic rings. The number of hydrogen-bond acceptors (Lipinski definition) is 5. The quantitative estimate of drug-likeness (QED) is 0.861. The Morgan fingerprint density at radius 1 is 1.17 bits per heavy atom. The Hall–Kier alpha value is -1.10. The highest BCUT2D eigenvalue weighted by molar-refractivity contribution is 6.28. The molecule has 0 amide bonds. The molecule has 0 radical (unpaired) electrons. The number of nitrogens with one attached hydrogen (secondary N) is 2. The molecule has 0 aromatic carbocycles. The van der Waals surface area contributed by atoms with Crippen LogP contribution in [-0.4, -0.2) is 28.0 Å². The maximum absolute atomic E-state index is 5.87. The number of hydrogen-bond donors (Lipinski definition) is 2. The van der Waals surface area contributed by atoms with E-state index in [-0.39, 0.29) is 5.28 Å². The fourth-order valence-electron chi connectivity index (χ4n) is 2.41. The summed E-state index contributed by atoms with van der Waals surface area (Å²) in [5.41, 5.74) is 0. The molecule has 0 aliphatic heterocycles. The van der Waals surface area contributed by atoms with Crippen LogP contribution in [0.25, 0.3) is 0 Å². The van der Waals surface area contributed by atoms with Crippen molar-refractivity contribution < 1.29 is 0 Å².